The Bertz CT molecular complexity index is 310. The highest BCUT2D eigenvalue weighted by Gasteiger charge is 2.32. The Labute approximate surface area is 114 Å². The Balaban J connectivity index is 2.60. The molecular weight excluding hydrogens is 246 g/mol. The molecule has 0 spiro atoms. The van der Waals surface area contributed by atoms with E-state index >= 15 is 0 Å². The minimum absolute atomic E-state index is 0.00741. The van der Waals surface area contributed by atoms with Crippen LogP contribution in [-0.2, 0) is 14.3 Å². The van der Waals surface area contributed by atoms with Gasteiger partial charge in [-0.2, -0.15) is 0 Å². The number of rotatable bonds is 6. The highest BCUT2D eigenvalue weighted by Crippen LogP contribution is 2.10. The summed E-state index contributed by atoms with van der Waals surface area (Å²) in [7, 11) is 0. The molecule has 0 aromatic heterocycles. The first-order valence-electron chi connectivity index (χ1n) is 6.98. The van der Waals surface area contributed by atoms with Crippen LogP contribution in [0, 0.1) is 0 Å². The van der Waals surface area contributed by atoms with Crippen LogP contribution in [0.3, 0.4) is 0 Å². The Hall–Kier alpha value is -1.14. The predicted octanol–water partition coefficient (Wildman–Crippen LogP) is -0.262. The van der Waals surface area contributed by atoms with Crippen molar-refractivity contribution in [3.05, 3.63) is 0 Å². The molecule has 0 aromatic rings. The normalized spacial score (nSPS) is 21.0. The lowest BCUT2D eigenvalue weighted by Gasteiger charge is -2.35. The lowest BCUT2D eigenvalue weighted by molar-refractivity contribution is -0.148. The fraction of sp³-hybridized carbons (Fsp3) is 0.846. The minimum atomic E-state index is -0.491. The lowest BCUT2D eigenvalue weighted by atomic mass is 10.1. The van der Waals surface area contributed by atoms with Crippen molar-refractivity contribution in [1.82, 2.24) is 15.5 Å². The van der Waals surface area contributed by atoms with Gasteiger partial charge in [-0.15, -0.1) is 0 Å². The molecule has 2 atom stereocenters. The van der Waals surface area contributed by atoms with E-state index in [0.29, 0.717) is 26.1 Å². The molecule has 2 N–H and O–H groups in total. The van der Waals surface area contributed by atoms with Crippen molar-refractivity contribution in [2.24, 2.45) is 0 Å². The number of ether oxygens (including phenoxy) is 1. The second-order valence-corrected chi connectivity index (χ2v) is 4.74. The van der Waals surface area contributed by atoms with Crippen LogP contribution in [0.5, 0.6) is 0 Å². The van der Waals surface area contributed by atoms with Gasteiger partial charge in [0.2, 0.25) is 11.8 Å². The van der Waals surface area contributed by atoms with Gasteiger partial charge in [0, 0.05) is 25.6 Å². The van der Waals surface area contributed by atoms with Crippen molar-refractivity contribution < 1.29 is 14.3 Å². The monoisotopic (exact) mass is 271 g/mol. The largest absolute Gasteiger partial charge is 0.377 e. The van der Waals surface area contributed by atoms with Gasteiger partial charge < -0.3 is 20.3 Å². The van der Waals surface area contributed by atoms with Gasteiger partial charge in [0.05, 0.1) is 13.2 Å². The fourth-order valence-corrected chi connectivity index (χ4v) is 2.21. The molecule has 2 unspecified atom stereocenters. The number of morpholine rings is 1. The van der Waals surface area contributed by atoms with E-state index in [-0.39, 0.29) is 24.5 Å². The van der Waals surface area contributed by atoms with Crippen molar-refractivity contribution in [2.45, 2.75) is 39.3 Å². The molecule has 0 radical (unpaired) electrons. The third-order valence-electron chi connectivity index (χ3n) is 3.14. The number of hydrogen-bond acceptors (Lipinski definition) is 4. The van der Waals surface area contributed by atoms with E-state index in [0.717, 1.165) is 6.54 Å². The Morgan fingerprint density at radius 3 is 2.74 bits per heavy atom. The highest BCUT2D eigenvalue weighted by molar-refractivity contribution is 5.88. The molecule has 2 amide bonds. The average Bonchev–Trinajstić information content (AvgIpc) is 2.39. The molecular formula is C13H25N3O3. The first-order valence-corrected chi connectivity index (χ1v) is 6.98. The van der Waals surface area contributed by atoms with E-state index < -0.39 is 6.04 Å². The van der Waals surface area contributed by atoms with Gasteiger partial charge in [-0.05, 0) is 20.4 Å². The number of carbonyl (C=O) groups excluding carboxylic acids is 2. The topological polar surface area (TPSA) is 70.7 Å². The van der Waals surface area contributed by atoms with Crippen LogP contribution in [-0.4, -0.2) is 61.6 Å². The molecule has 0 saturated carbocycles. The molecule has 19 heavy (non-hydrogen) atoms. The molecule has 1 heterocycles. The van der Waals surface area contributed by atoms with Gasteiger partial charge in [0.25, 0.3) is 0 Å². The maximum atomic E-state index is 12.3. The molecule has 0 aromatic carbocycles. The van der Waals surface area contributed by atoms with Gasteiger partial charge in [-0.1, -0.05) is 6.92 Å². The zero-order valence-corrected chi connectivity index (χ0v) is 12.1. The van der Waals surface area contributed by atoms with Crippen LogP contribution < -0.4 is 10.6 Å². The number of carbonyl (C=O) groups is 2. The molecule has 1 saturated heterocycles. The number of likely N-dealkylation sites (N-methyl/N-ethyl adjacent to an activating group) is 1. The second-order valence-electron chi connectivity index (χ2n) is 4.74. The summed E-state index contributed by atoms with van der Waals surface area (Å²) in [5, 5.41) is 5.96. The van der Waals surface area contributed by atoms with Gasteiger partial charge in [-0.3, -0.25) is 9.59 Å². The summed E-state index contributed by atoms with van der Waals surface area (Å²) in [5.74, 6) is -0.125. The highest BCUT2D eigenvalue weighted by atomic mass is 16.5. The first kappa shape index (κ1) is 15.9. The van der Waals surface area contributed by atoms with Crippen LogP contribution in [0.15, 0.2) is 0 Å². The standard InChI is InChI=1S/C13H25N3O3/c1-4-14-10(3)8-12(17)16-6-7-19-9-11(16)13(18)15-5-2/h10-11,14H,4-9H2,1-3H3,(H,15,18). The van der Waals surface area contributed by atoms with Gasteiger partial charge in [-0.25, -0.2) is 0 Å². The van der Waals surface area contributed by atoms with Crippen molar-refractivity contribution >= 4 is 11.8 Å². The summed E-state index contributed by atoms with van der Waals surface area (Å²) in [4.78, 5) is 25.8. The maximum absolute atomic E-state index is 12.3. The summed E-state index contributed by atoms with van der Waals surface area (Å²) in [6.07, 6.45) is 0.406. The number of nitrogens with one attached hydrogen (secondary N) is 2. The zero-order valence-electron chi connectivity index (χ0n) is 12.1. The number of nitrogens with zero attached hydrogens (tertiary/aromatic N) is 1. The molecule has 0 aliphatic carbocycles. The smallest absolute Gasteiger partial charge is 0.245 e. The molecule has 1 fully saturated rings. The van der Waals surface area contributed by atoms with E-state index in [1.165, 1.54) is 0 Å². The summed E-state index contributed by atoms with van der Waals surface area (Å²) in [6.45, 7) is 8.50. The van der Waals surface area contributed by atoms with Crippen LogP contribution in [0.1, 0.15) is 27.2 Å². The SMILES string of the molecule is CCNC(=O)C1COCCN1C(=O)CC(C)NCC. The molecule has 1 aliphatic heterocycles. The predicted molar refractivity (Wildman–Crippen MR) is 72.8 cm³/mol. The first-order chi connectivity index (χ1) is 9.10. The Morgan fingerprint density at radius 2 is 2.11 bits per heavy atom. The van der Waals surface area contributed by atoms with Gasteiger partial charge in [0.15, 0.2) is 0 Å². The summed E-state index contributed by atoms with van der Waals surface area (Å²) in [5.41, 5.74) is 0. The summed E-state index contributed by atoms with van der Waals surface area (Å²) >= 11 is 0. The van der Waals surface area contributed by atoms with Crippen molar-refractivity contribution in [3.63, 3.8) is 0 Å². The summed E-state index contributed by atoms with van der Waals surface area (Å²) < 4.78 is 5.31. The van der Waals surface area contributed by atoms with Crippen molar-refractivity contribution in [3.8, 4) is 0 Å². The van der Waals surface area contributed by atoms with Crippen molar-refractivity contribution in [1.29, 1.82) is 0 Å². The van der Waals surface area contributed by atoms with E-state index in [9.17, 15) is 9.59 Å². The molecule has 1 rings (SSSR count). The van der Waals surface area contributed by atoms with E-state index in [2.05, 4.69) is 10.6 Å². The van der Waals surface area contributed by atoms with Gasteiger partial charge in [0.1, 0.15) is 6.04 Å². The molecule has 6 nitrogen and oxygen atoms in total. The van der Waals surface area contributed by atoms with Crippen LogP contribution >= 0.6 is 0 Å². The third-order valence-corrected chi connectivity index (χ3v) is 3.14. The Kier molecular flexibility index (Phi) is 6.80. The maximum Gasteiger partial charge on any atom is 0.245 e. The second kappa shape index (κ2) is 8.12. The molecule has 0 bridgehead atoms. The van der Waals surface area contributed by atoms with Crippen LogP contribution in [0.4, 0.5) is 0 Å². The zero-order chi connectivity index (χ0) is 14.3. The number of amides is 2. The van der Waals surface area contributed by atoms with E-state index in [1.807, 2.05) is 20.8 Å². The van der Waals surface area contributed by atoms with E-state index in [1.54, 1.807) is 4.90 Å². The van der Waals surface area contributed by atoms with Crippen LogP contribution in [0.2, 0.25) is 0 Å². The van der Waals surface area contributed by atoms with E-state index in [4.69, 9.17) is 4.74 Å². The van der Waals surface area contributed by atoms with Crippen LogP contribution in [0.25, 0.3) is 0 Å². The molecule has 110 valence electrons. The third kappa shape index (κ3) is 4.80. The van der Waals surface area contributed by atoms with Gasteiger partial charge >= 0.3 is 0 Å². The minimum Gasteiger partial charge on any atom is -0.377 e. The average molecular weight is 271 g/mol. The Morgan fingerprint density at radius 1 is 1.37 bits per heavy atom. The molecule has 6 heteroatoms. The molecule has 1 aliphatic rings. The fourth-order valence-electron chi connectivity index (χ4n) is 2.21. The quantitative estimate of drug-likeness (QED) is 0.698. The number of hydrogen-bond donors (Lipinski definition) is 2. The van der Waals surface area contributed by atoms with Crippen molar-refractivity contribution in [2.75, 3.05) is 32.8 Å². The lowest BCUT2D eigenvalue weighted by Crippen LogP contribution is -2.56. The summed E-state index contributed by atoms with van der Waals surface area (Å²) in [6, 6.07) is -0.370.